The molecule has 2 aromatic rings. The number of anilines is 1. The highest BCUT2D eigenvalue weighted by Gasteiger charge is 2.15. The lowest BCUT2D eigenvalue weighted by Gasteiger charge is -2.10. The first-order valence-corrected chi connectivity index (χ1v) is 9.67. The summed E-state index contributed by atoms with van der Waals surface area (Å²) in [7, 11) is -3.69. The number of halogens is 1. The summed E-state index contributed by atoms with van der Waals surface area (Å²) in [6.45, 7) is 4.09. The average Bonchev–Trinajstić information content (AvgIpc) is 2.55. The molecule has 2 aromatic carbocycles. The van der Waals surface area contributed by atoms with Crippen LogP contribution in [0.1, 0.15) is 29.3 Å². The van der Waals surface area contributed by atoms with Crippen LogP contribution in [0.4, 0.5) is 5.69 Å². The van der Waals surface area contributed by atoms with Crippen molar-refractivity contribution >= 4 is 37.6 Å². The van der Waals surface area contributed by atoms with Crippen LogP contribution in [0.3, 0.4) is 0 Å². The molecule has 7 heteroatoms. The Hall–Kier alpha value is -1.86. The summed E-state index contributed by atoms with van der Waals surface area (Å²) in [5.41, 5.74) is 1.58. The summed E-state index contributed by atoms with van der Waals surface area (Å²) in [5, 5.41) is 0. The van der Waals surface area contributed by atoms with Gasteiger partial charge >= 0.3 is 5.97 Å². The summed E-state index contributed by atoms with van der Waals surface area (Å²) >= 11 is 3.34. The van der Waals surface area contributed by atoms with Gasteiger partial charge in [0.2, 0.25) is 0 Å². The third-order valence-corrected chi connectivity index (χ3v) is 5.52. The Bertz CT molecular complexity index is 832. The van der Waals surface area contributed by atoms with Crippen LogP contribution >= 0.6 is 15.9 Å². The summed E-state index contributed by atoms with van der Waals surface area (Å²) in [6.07, 6.45) is 0.746. The second-order valence-electron chi connectivity index (χ2n) is 5.23. The Balaban J connectivity index is 2.15. The molecular weight excluding hydrogens is 394 g/mol. The maximum Gasteiger partial charge on any atom is 0.338 e. The van der Waals surface area contributed by atoms with Crippen molar-refractivity contribution in [3.63, 3.8) is 0 Å². The van der Waals surface area contributed by atoms with Gasteiger partial charge in [-0.05, 0) is 61.4 Å². The number of carbonyl (C=O) groups excluding carboxylic acids is 1. The SMILES string of the molecule is CCCOC(=O)c1ccc(NS(=O)(=O)c2ccc(Br)c(C)c2)cc1. The molecule has 24 heavy (non-hydrogen) atoms. The predicted molar refractivity (Wildman–Crippen MR) is 96.7 cm³/mol. The number of hydrogen-bond donors (Lipinski definition) is 1. The number of carbonyl (C=O) groups is 1. The Labute approximate surface area is 150 Å². The van der Waals surface area contributed by atoms with E-state index in [1.807, 2.05) is 13.8 Å². The number of aryl methyl sites for hydroxylation is 1. The van der Waals surface area contributed by atoms with Gasteiger partial charge in [0.1, 0.15) is 0 Å². The van der Waals surface area contributed by atoms with Gasteiger partial charge in [-0.25, -0.2) is 13.2 Å². The molecule has 0 fully saturated rings. The minimum atomic E-state index is -3.69. The molecule has 0 saturated heterocycles. The lowest BCUT2D eigenvalue weighted by atomic mass is 10.2. The first-order chi connectivity index (χ1) is 11.3. The molecule has 0 aromatic heterocycles. The Morgan fingerprint density at radius 1 is 1.17 bits per heavy atom. The van der Waals surface area contributed by atoms with Crippen molar-refractivity contribution in [3.05, 3.63) is 58.1 Å². The Morgan fingerprint density at radius 3 is 2.42 bits per heavy atom. The van der Waals surface area contributed by atoms with Crippen molar-refractivity contribution in [1.29, 1.82) is 0 Å². The minimum Gasteiger partial charge on any atom is -0.462 e. The molecule has 0 bridgehead atoms. The highest BCUT2D eigenvalue weighted by atomic mass is 79.9. The van der Waals surface area contributed by atoms with Gasteiger partial charge in [-0.1, -0.05) is 22.9 Å². The number of benzene rings is 2. The van der Waals surface area contributed by atoms with Crippen molar-refractivity contribution in [3.8, 4) is 0 Å². The topological polar surface area (TPSA) is 72.5 Å². The fourth-order valence-corrected chi connectivity index (χ4v) is 3.34. The number of sulfonamides is 1. The molecule has 128 valence electrons. The van der Waals surface area contributed by atoms with E-state index in [0.717, 1.165) is 16.5 Å². The third-order valence-electron chi connectivity index (χ3n) is 3.25. The van der Waals surface area contributed by atoms with Crippen LogP contribution in [-0.2, 0) is 14.8 Å². The predicted octanol–water partition coefficient (Wildman–Crippen LogP) is 4.13. The van der Waals surface area contributed by atoms with E-state index in [9.17, 15) is 13.2 Å². The zero-order valence-corrected chi connectivity index (χ0v) is 15.8. The summed E-state index contributed by atoms with van der Waals surface area (Å²) in [5.74, 6) is -0.421. The molecule has 0 aliphatic heterocycles. The highest BCUT2D eigenvalue weighted by molar-refractivity contribution is 9.10. The largest absolute Gasteiger partial charge is 0.462 e. The highest BCUT2D eigenvalue weighted by Crippen LogP contribution is 2.22. The van der Waals surface area contributed by atoms with E-state index in [4.69, 9.17) is 4.74 Å². The molecule has 0 radical (unpaired) electrons. The third kappa shape index (κ3) is 4.58. The first kappa shape index (κ1) is 18.5. The standard InChI is InChI=1S/C17H18BrNO4S/c1-3-10-23-17(20)13-4-6-14(7-5-13)19-24(21,22)15-8-9-16(18)12(2)11-15/h4-9,11,19H,3,10H2,1-2H3. The number of ether oxygens (including phenoxy) is 1. The van der Waals surface area contributed by atoms with Crippen LogP contribution in [0.15, 0.2) is 51.8 Å². The monoisotopic (exact) mass is 411 g/mol. The fourth-order valence-electron chi connectivity index (χ4n) is 1.95. The zero-order chi connectivity index (χ0) is 17.7. The molecule has 2 rings (SSSR count). The van der Waals surface area contributed by atoms with Gasteiger partial charge in [0.05, 0.1) is 17.1 Å². The molecule has 0 heterocycles. The van der Waals surface area contributed by atoms with Crippen molar-refractivity contribution in [2.45, 2.75) is 25.2 Å². The lowest BCUT2D eigenvalue weighted by molar-refractivity contribution is 0.0505. The van der Waals surface area contributed by atoms with Crippen LogP contribution < -0.4 is 4.72 Å². The minimum absolute atomic E-state index is 0.176. The number of hydrogen-bond acceptors (Lipinski definition) is 4. The maximum absolute atomic E-state index is 12.4. The number of rotatable bonds is 6. The van der Waals surface area contributed by atoms with Crippen molar-refractivity contribution in [2.75, 3.05) is 11.3 Å². The second kappa shape index (κ2) is 7.81. The average molecular weight is 412 g/mol. The Kier molecular flexibility index (Phi) is 6.01. The number of nitrogens with one attached hydrogen (secondary N) is 1. The second-order valence-corrected chi connectivity index (χ2v) is 7.77. The zero-order valence-electron chi connectivity index (χ0n) is 13.4. The molecule has 0 saturated carbocycles. The molecular formula is C17H18BrNO4S. The van der Waals surface area contributed by atoms with E-state index < -0.39 is 16.0 Å². The Morgan fingerprint density at radius 2 is 1.83 bits per heavy atom. The molecule has 0 spiro atoms. The lowest BCUT2D eigenvalue weighted by Crippen LogP contribution is -2.13. The van der Waals surface area contributed by atoms with Crippen LogP contribution in [0.2, 0.25) is 0 Å². The summed E-state index contributed by atoms with van der Waals surface area (Å²) < 4.78 is 33.2. The summed E-state index contributed by atoms with van der Waals surface area (Å²) in [4.78, 5) is 11.9. The van der Waals surface area contributed by atoms with Gasteiger partial charge in [-0.3, -0.25) is 4.72 Å². The molecule has 1 N–H and O–H groups in total. The molecule has 0 aliphatic carbocycles. The van der Waals surface area contributed by atoms with Gasteiger partial charge < -0.3 is 4.74 Å². The quantitative estimate of drug-likeness (QED) is 0.725. The van der Waals surface area contributed by atoms with E-state index in [0.29, 0.717) is 17.9 Å². The van der Waals surface area contributed by atoms with Gasteiger partial charge in [0, 0.05) is 10.2 Å². The van der Waals surface area contributed by atoms with Gasteiger partial charge in [-0.2, -0.15) is 0 Å². The van der Waals surface area contributed by atoms with E-state index in [2.05, 4.69) is 20.7 Å². The van der Waals surface area contributed by atoms with E-state index >= 15 is 0 Å². The molecule has 5 nitrogen and oxygen atoms in total. The molecule has 0 unspecified atom stereocenters. The van der Waals surface area contributed by atoms with Crippen LogP contribution in [0.5, 0.6) is 0 Å². The maximum atomic E-state index is 12.4. The van der Waals surface area contributed by atoms with E-state index in [1.54, 1.807) is 12.1 Å². The first-order valence-electron chi connectivity index (χ1n) is 7.39. The van der Waals surface area contributed by atoms with E-state index in [1.165, 1.54) is 30.3 Å². The van der Waals surface area contributed by atoms with Crippen LogP contribution in [-0.4, -0.2) is 21.0 Å². The number of esters is 1. The smallest absolute Gasteiger partial charge is 0.338 e. The molecule has 0 atom stereocenters. The fraction of sp³-hybridized carbons (Fsp3) is 0.235. The molecule has 0 aliphatic rings. The molecule has 0 amide bonds. The van der Waals surface area contributed by atoms with E-state index in [-0.39, 0.29) is 4.90 Å². The van der Waals surface area contributed by atoms with Gasteiger partial charge in [0.25, 0.3) is 10.0 Å². The van der Waals surface area contributed by atoms with Gasteiger partial charge in [0.15, 0.2) is 0 Å². The van der Waals surface area contributed by atoms with Crippen molar-refractivity contribution < 1.29 is 17.9 Å². The van der Waals surface area contributed by atoms with Crippen molar-refractivity contribution in [2.24, 2.45) is 0 Å². The van der Waals surface area contributed by atoms with Crippen LogP contribution in [0, 0.1) is 6.92 Å². The van der Waals surface area contributed by atoms with Gasteiger partial charge in [-0.15, -0.1) is 0 Å². The van der Waals surface area contributed by atoms with Crippen molar-refractivity contribution in [1.82, 2.24) is 0 Å². The normalized spacial score (nSPS) is 11.1. The van der Waals surface area contributed by atoms with Crippen LogP contribution in [0.25, 0.3) is 0 Å². The summed E-state index contributed by atoms with van der Waals surface area (Å²) in [6, 6.07) is 10.9.